The second-order valence-electron chi connectivity index (χ2n) is 3.42. The molecular weight excluding hydrogens is 262 g/mol. The topological polar surface area (TPSA) is 105 Å². The Morgan fingerprint density at radius 3 is 2.67 bits per heavy atom. The number of hydrogen-bond donors (Lipinski definition) is 2. The Balaban J connectivity index is 0.00000162. The van der Waals surface area contributed by atoms with E-state index in [4.69, 9.17) is 5.11 Å². The van der Waals surface area contributed by atoms with Gasteiger partial charge in [0.25, 0.3) is 0 Å². The molecule has 0 amide bonds. The van der Waals surface area contributed by atoms with Crippen molar-refractivity contribution in [1.29, 1.82) is 0 Å². The molecule has 0 bridgehead atoms. The largest absolute Gasteiger partial charge is 0.510 e. The SMILES string of the molecule is Cl.O=C(O)CCC(O)=c1c(=O)ccc2ncnn12. The van der Waals surface area contributed by atoms with Crippen LogP contribution in [0.5, 0.6) is 0 Å². The van der Waals surface area contributed by atoms with E-state index < -0.39 is 11.4 Å². The summed E-state index contributed by atoms with van der Waals surface area (Å²) >= 11 is 0. The third-order valence-electron chi connectivity index (χ3n) is 2.25. The summed E-state index contributed by atoms with van der Waals surface area (Å²) in [7, 11) is 0. The zero-order chi connectivity index (χ0) is 12.4. The Bertz CT molecular complexity index is 682. The first-order valence-corrected chi connectivity index (χ1v) is 4.86. The molecule has 0 aliphatic heterocycles. The fourth-order valence-corrected chi connectivity index (χ4v) is 1.48. The van der Waals surface area contributed by atoms with E-state index in [1.807, 2.05) is 0 Å². The first-order valence-electron chi connectivity index (χ1n) is 4.86. The number of fused-ring (bicyclic) bond motifs is 1. The average Bonchev–Trinajstić information content (AvgIpc) is 2.73. The molecule has 0 radical (unpaired) electrons. The third-order valence-corrected chi connectivity index (χ3v) is 2.25. The molecule has 0 fully saturated rings. The summed E-state index contributed by atoms with van der Waals surface area (Å²) in [5.41, 5.74) is -0.00707. The fraction of sp³-hybridized carbons (Fsp3) is 0.200. The lowest BCUT2D eigenvalue weighted by Crippen LogP contribution is -2.33. The van der Waals surface area contributed by atoms with Crippen molar-refractivity contribution < 1.29 is 15.0 Å². The summed E-state index contributed by atoms with van der Waals surface area (Å²) in [6, 6.07) is 2.74. The van der Waals surface area contributed by atoms with Gasteiger partial charge in [0, 0.05) is 6.42 Å². The minimum Gasteiger partial charge on any atom is -0.510 e. The first-order chi connectivity index (χ1) is 8.09. The molecule has 2 rings (SSSR count). The molecule has 2 N–H and O–H groups in total. The van der Waals surface area contributed by atoms with Gasteiger partial charge >= 0.3 is 5.97 Å². The van der Waals surface area contributed by atoms with Crippen LogP contribution in [-0.4, -0.2) is 30.8 Å². The minimum atomic E-state index is -1.05. The Kier molecular flexibility index (Phi) is 4.22. The van der Waals surface area contributed by atoms with Crippen LogP contribution in [0, 0.1) is 0 Å². The summed E-state index contributed by atoms with van der Waals surface area (Å²) in [6.07, 6.45) is 0.878. The molecule has 18 heavy (non-hydrogen) atoms. The van der Waals surface area contributed by atoms with Gasteiger partial charge in [-0.05, 0) is 12.1 Å². The highest BCUT2D eigenvalue weighted by molar-refractivity contribution is 5.85. The second-order valence-corrected chi connectivity index (χ2v) is 3.42. The van der Waals surface area contributed by atoms with Gasteiger partial charge in [-0.3, -0.25) is 9.59 Å². The quantitative estimate of drug-likeness (QED) is 0.798. The summed E-state index contributed by atoms with van der Waals surface area (Å²) < 4.78 is 1.19. The van der Waals surface area contributed by atoms with Gasteiger partial charge in [-0.15, -0.1) is 12.4 Å². The van der Waals surface area contributed by atoms with E-state index in [0.29, 0.717) is 5.65 Å². The van der Waals surface area contributed by atoms with Gasteiger partial charge in [-0.25, -0.2) is 9.50 Å². The van der Waals surface area contributed by atoms with Crippen molar-refractivity contribution >= 4 is 29.8 Å². The molecule has 96 valence electrons. The van der Waals surface area contributed by atoms with Crippen molar-refractivity contribution in [1.82, 2.24) is 14.6 Å². The van der Waals surface area contributed by atoms with Crippen LogP contribution in [-0.2, 0) is 4.79 Å². The zero-order valence-corrected chi connectivity index (χ0v) is 9.92. The van der Waals surface area contributed by atoms with Crippen LogP contribution in [0.25, 0.3) is 11.4 Å². The van der Waals surface area contributed by atoms with E-state index >= 15 is 0 Å². The fourth-order valence-electron chi connectivity index (χ4n) is 1.48. The van der Waals surface area contributed by atoms with Gasteiger partial charge in [0.1, 0.15) is 12.1 Å². The van der Waals surface area contributed by atoms with Crippen molar-refractivity contribution in [2.45, 2.75) is 12.8 Å². The minimum absolute atomic E-state index is 0. The second kappa shape index (κ2) is 5.46. The maximum atomic E-state index is 11.6. The van der Waals surface area contributed by atoms with Gasteiger partial charge in [0.15, 0.2) is 11.0 Å². The number of carbonyl (C=O) groups is 1. The zero-order valence-electron chi connectivity index (χ0n) is 9.11. The maximum Gasteiger partial charge on any atom is 0.303 e. The molecule has 0 saturated carbocycles. The molecule has 0 aromatic carbocycles. The van der Waals surface area contributed by atoms with Crippen molar-refractivity contribution in [2.24, 2.45) is 0 Å². The summed E-state index contributed by atoms with van der Waals surface area (Å²) in [4.78, 5) is 25.9. The molecule has 0 spiro atoms. The smallest absolute Gasteiger partial charge is 0.303 e. The Hall–Kier alpha value is -2.15. The van der Waals surface area contributed by atoms with Gasteiger partial charge in [-0.2, -0.15) is 5.10 Å². The van der Waals surface area contributed by atoms with Gasteiger partial charge in [0.05, 0.1) is 6.42 Å². The molecule has 0 aliphatic carbocycles. The lowest BCUT2D eigenvalue weighted by Gasteiger charge is -1.98. The Labute approximate surface area is 107 Å². The number of carboxylic acid groups (broad SMARTS) is 1. The molecule has 2 aromatic rings. The number of halogens is 1. The van der Waals surface area contributed by atoms with E-state index in [1.54, 1.807) is 0 Å². The third kappa shape index (κ3) is 2.57. The normalized spacial score (nSPS) is 12.0. The van der Waals surface area contributed by atoms with Gasteiger partial charge < -0.3 is 10.2 Å². The molecule has 0 atom stereocenters. The number of aliphatic carboxylic acids is 1. The van der Waals surface area contributed by atoms with Gasteiger partial charge in [0.2, 0.25) is 5.43 Å². The van der Waals surface area contributed by atoms with Crippen LogP contribution in [0.15, 0.2) is 23.3 Å². The van der Waals surface area contributed by atoms with E-state index in [2.05, 4.69) is 10.1 Å². The van der Waals surface area contributed by atoms with Gasteiger partial charge in [-0.1, -0.05) is 0 Å². The number of pyridine rings is 1. The van der Waals surface area contributed by atoms with Crippen LogP contribution in [0.1, 0.15) is 12.8 Å². The van der Waals surface area contributed by atoms with Crippen molar-refractivity contribution in [3.8, 4) is 0 Å². The van der Waals surface area contributed by atoms with Crippen LogP contribution in [0.3, 0.4) is 0 Å². The van der Waals surface area contributed by atoms with Crippen molar-refractivity contribution in [3.05, 3.63) is 34.0 Å². The number of carboxylic acids is 1. The molecule has 8 heteroatoms. The van der Waals surface area contributed by atoms with Crippen LogP contribution in [0.4, 0.5) is 0 Å². The molecule has 2 aromatic heterocycles. The number of hydrogen-bond acceptors (Lipinski definition) is 5. The molecular formula is C10H10ClN3O4. The molecule has 0 aliphatic rings. The Morgan fingerprint density at radius 1 is 1.28 bits per heavy atom. The molecule has 7 nitrogen and oxygen atoms in total. The van der Waals surface area contributed by atoms with Crippen molar-refractivity contribution in [2.75, 3.05) is 0 Å². The van der Waals surface area contributed by atoms with Crippen molar-refractivity contribution in [3.63, 3.8) is 0 Å². The Morgan fingerprint density at radius 2 is 2.00 bits per heavy atom. The first kappa shape index (κ1) is 13.9. The molecule has 0 saturated heterocycles. The lowest BCUT2D eigenvalue weighted by atomic mass is 10.2. The summed E-state index contributed by atoms with van der Waals surface area (Å²) in [6.45, 7) is 0. The average molecular weight is 272 g/mol. The molecule has 2 heterocycles. The number of aliphatic hydroxyl groups is 1. The predicted molar refractivity (Wildman–Crippen MR) is 64.6 cm³/mol. The van der Waals surface area contributed by atoms with E-state index in [1.165, 1.54) is 23.0 Å². The predicted octanol–water partition coefficient (Wildman–Crippen LogP) is -0.239. The van der Waals surface area contributed by atoms with E-state index in [0.717, 1.165) is 0 Å². The summed E-state index contributed by atoms with van der Waals surface area (Å²) in [5.74, 6) is -1.34. The van der Waals surface area contributed by atoms with E-state index in [-0.39, 0.29) is 36.4 Å². The number of nitrogens with zero attached hydrogens (tertiary/aromatic N) is 3. The highest BCUT2D eigenvalue weighted by atomic mass is 35.5. The van der Waals surface area contributed by atoms with Crippen LogP contribution >= 0.6 is 12.4 Å². The highest BCUT2D eigenvalue weighted by Gasteiger charge is 2.07. The molecule has 0 unspecified atom stereocenters. The maximum absolute atomic E-state index is 11.6. The number of rotatable bonds is 3. The highest BCUT2D eigenvalue weighted by Crippen LogP contribution is 1.99. The number of aliphatic hydroxyl groups excluding tert-OH is 1. The lowest BCUT2D eigenvalue weighted by molar-refractivity contribution is -0.136. The van der Waals surface area contributed by atoms with E-state index in [9.17, 15) is 14.7 Å². The van der Waals surface area contributed by atoms with Crippen LogP contribution in [0.2, 0.25) is 0 Å². The number of aromatic nitrogens is 3. The van der Waals surface area contributed by atoms with Crippen LogP contribution < -0.4 is 10.8 Å². The standard InChI is InChI=1S/C10H9N3O4.ClH/c14-6-1-3-8-11-5-12-13(8)10(6)7(15)2-4-9(16)17;/h1,3,5,15H,2,4H2,(H,16,17);1H. The monoisotopic (exact) mass is 271 g/mol. The summed E-state index contributed by atoms with van der Waals surface area (Å²) in [5, 5.41) is 22.0.